The van der Waals surface area contributed by atoms with Crippen molar-refractivity contribution in [2.24, 2.45) is 0 Å². The lowest BCUT2D eigenvalue weighted by molar-refractivity contribution is 0.0793. The van der Waals surface area contributed by atoms with E-state index in [0.29, 0.717) is 11.3 Å². The molecule has 1 atom stereocenters. The van der Waals surface area contributed by atoms with Gasteiger partial charge in [0.25, 0.3) is 5.91 Å². The summed E-state index contributed by atoms with van der Waals surface area (Å²) in [6.45, 7) is 1.67. The number of aryl methyl sites for hydroxylation is 1. The lowest BCUT2D eigenvalue weighted by atomic mass is 10.1. The van der Waals surface area contributed by atoms with Crippen LogP contribution in [0.2, 0.25) is 0 Å². The van der Waals surface area contributed by atoms with Gasteiger partial charge < -0.3 is 15.5 Å². The summed E-state index contributed by atoms with van der Waals surface area (Å²) in [6, 6.07) is 15.2. The zero-order valence-corrected chi connectivity index (χ0v) is 14.7. The van der Waals surface area contributed by atoms with Gasteiger partial charge in [-0.2, -0.15) is 0 Å². The maximum Gasteiger partial charge on any atom is 0.319 e. The van der Waals surface area contributed by atoms with Crippen LogP contribution >= 0.6 is 0 Å². The Bertz CT molecular complexity index is 810. The molecule has 0 radical (unpaired) electrons. The lowest BCUT2D eigenvalue weighted by Crippen LogP contribution is -2.31. The molecule has 5 nitrogen and oxygen atoms in total. The van der Waals surface area contributed by atoms with Crippen LogP contribution in [0.3, 0.4) is 0 Å². The van der Waals surface area contributed by atoms with Crippen molar-refractivity contribution < 1.29 is 9.59 Å². The van der Waals surface area contributed by atoms with Crippen molar-refractivity contribution in [1.82, 2.24) is 10.2 Å². The van der Waals surface area contributed by atoms with Crippen LogP contribution in [-0.2, 0) is 6.42 Å². The van der Waals surface area contributed by atoms with Crippen LogP contribution in [0.4, 0.5) is 10.5 Å². The summed E-state index contributed by atoms with van der Waals surface area (Å²) >= 11 is 0. The van der Waals surface area contributed by atoms with Crippen molar-refractivity contribution in [3.8, 4) is 0 Å². The molecule has 3 amide bonds. The number of nitrogens with one attached hydrogen (secondary N) is 2. The van der Waals surface area contributed by atoms with Gasteiger partial charge in [0, 0.05) is 24.3 Å². The van der Waals surface area contributed by atoms with Gasteiger partial charge >= 0.3 is 6.03 Å². The third-order valence-electron chi connectivity index (χ3n) is 5.22. The maximum absolute atomic E-state index is 12.4. The molecule has 2 N–H and O–H groups in total. The third-order valence-corrected chi connectivity index (χ3v) is 5.22. The molecule has 4 rings (SSSR count). The molecule has 2 aliphatic rings. The van der Waals surface area contributed by atoms with Crippen molar-refractivity contribution in [1.29, 1.82) is 0 Å². The fourth-order valence-electron chi connectivity index (χ4n) is 3.83. The molecule has 134 valence electrons. The molecule has 1 heterocycles. The van der Waals surface area contributed by atoms with Gasteiger partial charge in [0.05, 0.1) is 6.04 Å². The Morgan fingerprint density at radius 1 is 0.962 bits per heavy atom. The first-order valence-corrected chi connectivity index (χ1v) is 9.25. The number of hydrogen-bond donors (Lipinski definition) is 2. The summed E-state index contributed by atoms with van der Waals surface area (Å²) in [5.41, 5.74) is 3.87. The average molecular weight is 349 g/mol. The fraction of sp³-hybridized carbons (Fsp3) is 0.333. The van der Waals surface area contributed by atoms with E-state index in [4.69, 9.17) is 0 Å². The topological polar surface area (TPSA) is 61.4 Å². The van der Waals surface area contributed by atoms with E-state index in [1.54, 1.807) is 24.3 Å². The largest absolute Gasteiger partial charge is 0.339 e. The monoisotopic (exact) mass is 349 g/mol. The van der Waals surface area contributed by atoms with Gasteiger partial charge in [-0.1, -0.05) is 24.3 Å². The Labute approximate surface area is 153 Å². The third kappa shape index (κ3) is 3.43. The SMILES string of the molecule is O=C(Nc1ccc(C(=O)N2CCCC2)cc1)NC1CCc2ccccc21. The molecular weight excluding hydrogens is 326 g/mol. The predicted octanol–water partition coefficient (Wildman–Crippen LogP) is 3.73. The van der Waals surface area contributed by atoms with Crippen LogP contribution in [0.15, 0.2) is 48.5 Å². The number of carbonyl (C=O) groups is 2. The van der Waals surface area contributed by atoms with Gasteiger partial charge in [0.1, 0.15) is 0 Å². The summed E-state index contributed by atoms with van der Waals surface area (Å²) in [5.74, 6) is 0.0704. The van der Waals surface area contributed by atoms with E-state index in [0.717, 1.165) is 38.8 Å². The second kappa shape index (κ2) is 7.20. The quantitative estimate of drug-likeness (QED) is 0.887. The number of amides is 3. The molecule has 5 heteroatoms. The molecule has 0 bridgehead atoms. The van der Waals surface area contributed by atoms with Crippen LogP contribution in [0.25, 0.3) is 0 Å². The first kappa shape index (κ1) is 16.6. The van der Waals surface area contributed by atoms with Gasteiger partial charge in [-0.05, 0) is 61.1 Å². The van der Waals surface area contributed by atoms with Crippen molar-refractivity contribution in [3.63, 3.8) is 0 Å². The van der Waals surface area contributed by atoms with Crippen LogP contribution in [-0.4, -0.2) is 29.9 Å². The van der Waals surface area contributed by atoms with Gasteiger partial charge in [0.15, 0.2) is 0 Å². The van der Waals surface area contributed by atoms with Crippen LogP contribution in [0, 0.1) is 0 Å². The number of likely N-dealkylation sites (tertiary alicyclic amines) is 1. The molecule has 1 unspecified atom stereocenters. The van der Waals surface area contributed by atoms with Crippen molar-refractivity contribution >= 4 is 17.6 Å². The molecular formula is C21H23N3O2. The smallest absolute Gasteiger partial charge is 0.319 e. The predicted molar refractivity (Wildman–Crippen MR) is 101 cm³/mol. The van der Waals surface area contributed by atoms with E-state index >= 15 is 0 Å². The number of rotatable bonds is 3. The summed E-state index contributed by atoms with van der Waals surface area (Å²) in [5, 5.41) is 5.90. The molecule has 1 aliphatic carbocycles. The Morgan fingerprint density at radius 2 is 1.69 bits per heavy atom. The highest BCUT2D eigenvalue weighted by atomic mass is 16.2. The molecule has 2 aromatic carbocycles. The summed E-state index contributed by atoms with van der Waals surface area (Å²) < 4.78 is 0. The highest BCUT2D eigenvalue weighted by Gasteiger charge is 2.23. The van der Waals surface area contributed by atoms with Crippen LogP contribution in [0.1, 0.15) is 46.8 Å². The fourth-order valence-corrected chi connectivity index (χ4v) is 3.83. The number of carbonyl (C=O) groups excluding carboxylic acids is 2. The molecule has 26 heavy (non-hydrogen) atoms. The highest BCUT2D eigenvalue weighted by Crippen LogP contribution is 2.30. The summed E-state index contributed by atoms with van der Waals surface area (Å²) in [6.07, 6.45) is 4.08. The van der Waals surface area contributed by atoms with Crippen molar-refractivity contribution in [2.45, 2.75) is 31.7 Å². The van der Waals surface area contributed by atoms with Crippen molar-refractivity contribution in [3.05, 3.63) is 65.2 Å². The van der Waals surface area contributed by atoms with Crippen LogP contribution in [0.5, 0.6) is 0 Å². The van der Waals surface area contributed by atoms with Gasteiger partial charge in [-0.3, -0.25) is 4.79 Å². The minimum atomic E-state index is -0.217. The van der Waals surface area contributed by atoms with Gasteiger partial charge in [-0.25, -0.2) is 4.79 Å². The number of fused-ring (bicyclic) bond motifs is 1. The first-order valence-electron chi connectivity index (χ1n) is 9.25. The molecule has 1 aliphatic heterocycles. The van der Waals surface area contributed by atoms with E-state index in [2.05, 4.69) is 22.8 Å². The molecule has 1 fully saturated rings. The molecule has 2 aromatic rings. The van der Waals surface area contributed by atoms with Crippen LogP contribution < -0.4 is 10.6 Å². The normalized spacial score (nSPS) is 18.5. The number of nitrogens with zero attached hydrogens (tertiary/aromatic N) is 1. The second-order valence-corrected chi connectivity index (χ2v) is 6.97. The Hall–Kier alpha value is -2.82. The molecule has 0 spiro atoms. The number of anilines is 1. The van der Waals surface area contributed by atoms with Gasteiger partial charge in [0.2, 0.25) is 0 Å². The zero-order chi connectivity index (χ0) is 17.9. The standard InChI is InChI=1S/C21H23N3O2/c25-20(24-13-3-4-14-24)16-7-10-17(11-8-16)22-21(26)23-19-12-9-15-5-1-2-6-18(15)19/h1-2,5-8,10-11,19H,3-4,9,12-14H2,(H2,22,23,26). The maximum atomic E-state index is 12.4. The average Bonchev–Trinajstić information content (AvgIpc) is 3.32. The minimum Gasteiger partial charge on any atom is -0.339 e. The first-order chi connectivity index (χ1) is 12.7. The Kier molecular flexibility index (Phi) is 4.61. The summed E-state index contributed by atoms with van der Waals surface area (Å²) in [7, 11) is 0. The lowest BCUT2D eigenvalue weighted by Gasteiger charge is -2.16. The van der Waals surface area contributed by atoms with Crippen molar-refractivity contribution in [2.75, 3.05) is 18.4 Å². The number of benzene rings is 2. The van der Waals surface area contributed by atoms with E-state index in [1.165, 1.54) is 11.1 Å². The molecule has 0 saturated carbocycles. The minimum absolute atomic E-state index is 0.0576. The van der Waals surface area contributed by atoms with E-state index in [1.807, 2.05) is 17.0 Å². The number of hydrogen-bond acceptors (Lipinski definition) is 2. The van der Waals surface area contributed by atoms with Gasteiger partial charge in [-0.15, -0.1) is 0 Å². The zero-order valence-electron chi connectivity index (χ0n) is 14.7. The molecule has 1 saturated heterocycles. The summed E-state index contributed by atoms with van der Waals surface area (Å²) in [4.78, 5) is 26.5. The highest BCUT2D eigenvalue weighted by molar-refractivity contribution is 5.95. The van der Waals surface area contributed by atoms with E-state index < -0.39 is 0 Å². The number of urea groups is 1. The van der Waals surface area contributed by atoms with E-state index in [9.17, 15) is 9.59 Å². The Morgan fingerprint density at radius 3 is 2.46 bits per heavy atom. The second-order valence-electron chi connectivity index (χ2n) is 6.97. The molecule has 0 aromatic heterocycles. The Balaban J connectivity index is 1.35. The van der Waals surface area contributed by atoms with E-state index in [-0.39, 0.29) is 18.0 Å².